The number of urea groups is 1. The van der Waals surface area contributed by atoms with E-state index in [9.17, 15) is 9.59 Å². The summed E-state index contributed by atoms with van der Waals surface area (Å²) < 4.78 is 5.78. The van der Waals surface area contributed by atoms with E-state index in [1.165, 1.54) is 0 Å². The van der Waals surface area contributed by atoms with Crippen LogP contribution in [0.2, 0.25) is 0 Å². The van der Waals surface area contributed by atoms with Gasteiger partial charge in [0, 0.05) is 23.7 Å². The fourth-order valence-electron chi connectivity index (χ4n) is 3.12. The van der Waals surface area contributed by atoms with Crippen molar-refractivity contribution in [2.75, 3.05) is 18.5 Å². The molecule has 1 aliphatic carbocycles. The second-order valence-electron chi connectivity index (χ2n) is 7.00. The quantitative estimate of drug-likeness (QED) is 0.874. The van der Waals surface area contributed by atoms with E-state index in [4.69, 9.17) is 4.74 Å². The van der Waals surface area contributed by atoms with Gasteiger partial charge in [-0.1, -0.05) is 30.3 Å². The minimum atomic E-state index is -0.122. The van der Waals surface area contributed by atoms with Gasteiger partial charge in [-0.3, -0.25) is 4.79 Å². The highest BCUT2D eigenvalue weighted by Gasteiger charge is 2.29. The first-order chi connectivity index (χ1) is 13.2. The van der Waals surface area contributed by atoms with Gasteiger partial charge in [-0.2, -0.15) is 0 Å². The molecule has 2 aliphatic rings. The lowest BCUT2D eigenvalue weighted by Gasteiger charge is -2.20. The van der Waals surface area contributed by atoms with Crippen molar-refractivity contribution in [3.8, 4) is 5.75 Å². The molecule has 0 bridgehead atoms. The van der Waals surface area contributed by atoms with E-state index in [-0.39, 0.29) is 17.9 Å². The molecule has 0 unspecified atom stereocenters. The Morgan fingerprint density at radius 3 is 2.70 bits per heavy atom. The maximum atomic E-state index is 12.6. The highest BCUT2D eigenvalue weighted by molar-refractivity contribution is 5.94. The van der Waals surface area contributed by atoms with Crippen LogP contribution in [0.15, 0.2) is 48.5 Å². The van der Waals surface area contributed by atoms with E-state index in [2.05, 4.69) is 10.6 Å². The fourth-order valence-corrected chi connectivity index (χ4v) is 3.12. The van der Waals surface area contributed by atoms with Crippen LogP contribution in [0.3, 0.4) is 0 Å². The van der Waals surface area contributed by atoms with E-state index < -0.39 is 0 Å². The van der Waals surface area contributed by atoms with E-state index in [0.29, 0.717) is 26.2 Å². The van der Waals surface area contributed by atoms with Gasteiger partial charge >= 0.3 is 6.03 Å². The molecule has 140 valence electrons. The van der Waals surface area contributed by atoms with Gasteiger partial charge < -0.3 is 20.3 Å². The van der Waals surface area contributed by atoms with Crippen LogP contribution >= 0.6 is 0 Å². The van der Waals surface area contributed by atoms with Crippen LogP contribution in [0.4, 0.5) is 10.5 Å². The minimum absolute atomic E-state index is 0.0713. The first-order valence-electron chi connectivity index (χ1n) is 9.32. The number of ether oxygens (including phenoxy) is 1. The van der Waals surface area contributed by atoms with E-state index in [1.54, 1.807) is 4.90 Å². The number of benzene rings is 2. The molecule has 2 aromatic carbocycles. The van der Waals surface area contributed by atoms with Gasteiger partial charge in [0.2, 0.25) is 5.91 Å². The molecule has 1 aliphatic heterocycles. The SMILES string of the molecule is O=C(Nc1ccc2c(c1)CN(C(=O)NCc1ccccc1)CCO2)C1CC1. The molecule has 2 N–H and O–H groups in total. The van der Waals surface area contributed by atoms with Crippen LogP contribution in [-0.2, 0) is 17.9 Å². The molecule has 0 spiro atoms. The topological polar surface area (TPSA) is 70.7 Å². The van der Waals surface area contributed by atoms with E-state index in [1.807, 2.05) is 48.5 Å². The highest BCUT2D eigenvalue weighted by atomic mass is 16.5. The lowest BCUT2D eigenvalue weighted by molar-refractivity contribution is -0.117. The van der Waals surface area contributed by atoms with Crippen molar-refractivity contribution in [1.82, 2.24) is 10.2 Å². The van der Waals surface area contributed by atoms with E-state index in [0.717, 1.165) is 35.4 Å². The molecular weight excluding hydrogens is 342 g/mol. The first kappa shape index (κ1) is 17.4. The summed E-state index contributed by atoms with van der Waals surface area (Å²) in [6, 6.07) is 15.3. The second kappa shape index (κ2) is 7.70. The lowest BCUT2D eigenvalue weighted by Crippen LogP contribution is -2.40. The van der Waals surface area contributed by atoms with Crippen LogP contribution in [0.25, 0.3) is 0 Å². The standard InChI is InChI=1S/C21H23N3O3/c25-20(16-6-7-16)23-18-8-9-19-17(12-18)14-24(10-11-27-19)21(26)22-13-15-4-2-1-3-5-15/h1-5,8-9,12,16H,6-7,10-11,13-14H2,(H,22,26)(H,23,25). The number of fused-ring (bicyclic) bond motifs is 1. The summed E-state index contributed by atoms with van der Waals surface area (Å²) in [5.74, 6) is 0.986. The summed E-state index contributed by atoms with van der Waals surface area (Å²) in [6.45, 7) is 1.89. The molecule has 0 radical (unpaired) electrons. The summed E-state index contributed by atoms with van der Waals surface area (Å²) in [5.41, 5.74) is 2.71. The lowest BCUT2D eigenvalue weighted by atomic mass is 10.1. The molecule has 1 saturated carbocycles. The van der Waals surface area contributed by atoms with Crippen molar-refractivity contribution in [3.63, 3.8) is 0 Å². The Balaban J connectivity index is 1.41. The molecule has 6 nitrogen and oxygen atoms in total. The molecule has 27 heavy (non-hydrogen) atoms. The van der Waals surface area contributed by atoms with Crippen LogP contribution in [0.5, 0.6) is 5.75 Å². The Labute approximate surface area is 158 Å². The summed E-state index contributed by atoms with van der Waals surface area (Å²) in [7, 11) is 0. The number of amides is 3. The van der Waals surface area contributed by atoms with Gasteiger partial charge in [-0.15, -0.1) is 0 Å². The number of nitrogens with zero attached hydrogens (tertiary/aromatic N) is 1. The van der Waals surface area contributed by atoms with Gasteiger partial charge in [0.1, 0.15) is 12.4 Å². The normalized spacial score (nSPS) is 15.9. The summed E-state index contributed by atoms with van der Waals surface area (Å²) in [5, 5.41) is 5.91. The average molecular weight is 365 g/mol. The number of rotatable bonds is 4. The number of hydrogen-bond acceptors (Lipinski definition) is 3. The summed E-state index contributed by atoms with van der Waals surface area (Å²) >= 11 is 0. The molecule has 1 fully saturated rings. The van der Waals surface area contributed by atoms with Crippen molar-refractivity contribution < 1.29 is 14.3 Å². The molecule has 6 heteroatoms. The van der Waals surface area contributed by atoms with Crippen molar-refractivity contribution in [1.29, 1.82) is 0 Å². The first-order valence-corrected chi connectivity index (χ1v) is 9.32. The maximum absolute atomic E-state index is 12.6. The third kappa shape index (κ3) is 4.39. The Morgan fingerprint density at radius 2 is 1.93 bits per heavy atom. The van der Waals surface area contributed by atoms with Crippen LogP contribution in [-0.4, -0.2) is 30.0 Å². The zero-order valence-electron chi connectivity index (χ0n) is 15.1. The smallest absolute Gasteiger partial charge is 0.318 e. The van der Waals surface area contributed by atoms with Gasteiger partial charge in [0.05, 0.1) is 13.1 Å². The predicted molar refractivity (Wildman–Crippen MR) is 102 cm³/mol. The molecular formula is C21H23N3O3. The van der Waals surface area contributed by atoms with Crippen molar-refractivity contribution in [2.45, 2.75) is 25.9 Å². The highest BCUT2D eigenvalue weighted by Crippen LogP contribution is 2.31. The van der Waals surface area contributed by atoms with Crippen LogP contribution in [0, 0.1) is 5.92 Å². The summed E-state index contributed by atoms with van der Waals surface area (Å²) in [4.78, 5) is 26.3. The number of anilines is 1. The third-order valence-electron chi connectivity index (χ3n) is 4.83. The van der Waals surface area contributed by atoms with Crippen molar-refractivity contribution in [3.05, 3.63) is 59.7 Å². The van der Waals surface area contributed by atoms with E-state index >= 15 is 0 Å². The number of carbonyl (C=O) groups is 2. The number of nitrogens with one attached hydrogen (secondary N) is 2. The third-order valence-corrected chi connectivity index (χ3v) is 4.83. The van der Waals surface area contributed by atoms with Gasteiger partial charge in [-0.05, 0) is 36.6 Å². The van der Waals surface area contributed by atoms with Gasteiger partial charge in [-0.25, -0.2) is 4.79 Å². The maximum Gasteiger partial charge on any atom is 0.318 e. The minimum Gasteiger partial charge on any atom is -0.491 e. The molecule has 0 saturated heterocycles. The largest absolute Gasteiger partial charge is 0.491 e. The molecule has 2 aromatic rings. The number of hydrogen-bond donors (Lipinski definition) is 2. The molecule has 4 rings (SSSR count). The van der Waals surface area contributed by atoms with Crippen molar-refractivity contribution >= 4 is 17.6 Å². The van der Waals surface area contributed by atoms with Crippen LogP contribution < -0.4 is 15.4 Å². The van der Waals surface area contributed by atoms with Gasteiger partial charge in [0.15, 0.2) is 0 Å². The molecule has 0 aromatic heterocycles. The molecule has 3 amide bonds. The number of carbonyl (C=O) groups excluding carboxylic acids is 2. The second-order valence-corrected chi connectivity index (χ2v) is 7.00. The zero-order chi connectivity index (χ0) is 18.6. The zero-order valence-corrected chi connectivity index (χ0v) is 15.1. The summed E-state index contributed by atoms with van der Waals surface area (Å²) in [6.07, 6.45) is 1.94. The monoisotopic (exact) mass is 365 g/mol. The van der Waals surface area contributed by atoms with Gasteiger partial charge in [0.25, 0.3) is 0 Å². The average Bonchev–Trinajstić information content (AvgIpc) is 3.53. The fraction of sp³-hybridized carbons (Fsp3) is 0.333. The van der Waals surface area contributed by atoms with Crippen molar-refractivity contribution in [2.24, 2.45) is 5.92 Å². The molecule has 0 atom stereocenters. The Morgan fingerprint density at radius 1 is 1.11 bits per heavy atom. The Bertz CT molecular complexity index is 834. The Hall–Kier alpha value is -3.02. The van der Waals surface area contributed by atoms with Crippen LogP contribution in [0.1, 0.15) is 24.0 Å². The predicted octanol–water partition coefficient (Wildman–Crippen LogP) is 3.14. The Kier molecular flexibility index (Phi) is 4.96. The molecule has 1 heterocycles.